The molecule has 126 valence electrons. The van der Waals surface area contributed by atoms with Crippen molar-refractivity contribution in [2.75, 3.05) is 11.9 Å². The third-order valence-corrected chi connectivity index (χ3v) is 3.94. The minimum atomic E-state index is -0.173. The number of hydrazone groups is 1. The van der Waals surface area contributed by atoms with Gasteiger partial charge in [0.05, 0.1) is 12.8 Å². The van der Waals surface area contributed by atoms with Crippen LogP contribution in [0.1, 0.15) is 33.4 Å². The van der Waals surface area contributed by atoms with Gasteiger partial charge in [-0.1, -0.05) is 35.4 Å². The molecule has 4 nitrogen and oxygen atoms in total. The first-order valence-electron chi connectivity index (χ1n) is 8.07. The second-order valence-corrected chi connectivity index (χ2v) is 6.28. The number of hydrogen-bond acceptors (Lipinski definition) is 3. The lowest BCUT2D eigenvalue weighted by molar-refractivity contribution is -0.119. The van der Waals surface area contributed by atoms with Gasteiger partial charge in [0.1, 0.15) is 0 Å². The molecular formula is C20H25N3O. The van der Waals surface area contributed by atoms with Crippen LogP contribution in [0.2, 0.25) is 0 Å². The van der Waals surface area contributed by atoms with E-state index >= 15 is 0 Å². The van der Waals surface area contributed by atoms with E-state index in [1.807, 2.05) is 39.8 Å². The third kappa shape index (κ3) is 4.69. The van der Waals surface area contributed by atoms with Crippen LogP contribution in [-0.4, -0.2) is 18.7 Å². The minimum absolute atomic E-state index is 0.173. The fourth-order valence-electron chi connectivity index (χ4n) is 2.79. The van der Waals surface area contributed by atoms with Crippen molar-refractivity contribution in [3.63, 3.8) is 0 Å². The van der Waals surface area contributed by atoms with Gasteiger partial charge in [-0.25, -0.2) is 5.43 Å². The van der Waals surface area contributed by atoms with Crippen molar-refractivity contribution in [1.82, 2.24) is 5.43 Å². The van der Waals surface area contributed by atoms with Crippen LogP contribution in [0.4, 0.5) is 5.69 Å². The molecule has 2 aromatic carbocycles. The van der Waals surface area contributed by atoms with Gasteiger partial charge >= 0.3 is 0 Å². The van der Waals surface area contributed by atoms with E-state index in [4.69, 9.17) is 0 Å². The molecule has 0 unspecified atom stereocenters. The molecule has 0 aromatic heterocycles. The Morgan fingerprint density at radius 1 is 0.958 bits per heavy atom. The molecule has 24 heavy (non-hydrogen) atoms. The molecule has 4 heteroatoms. The maximum atomic E-state index is 11.9. The maximum Gasteiger partial charge on any atom is 0.259 e. The first kappa shape index (κ1) is 17.7. The van der Waals surface area contributed by atoms with Crippen LogP contribution in [0.5, 0.6) is 0 Å². The predicted octanol–water partition coefficient (Wildman–Crippen LogP) is 3.79. The zero-order valence-corrected chi connectivity index (χ0v) is 15.0. The molecule has 0 aliphatic heterocycles. The first-order valence-corrected chi connectivity index (χ1v) is 8.07. The number of amides is 1. The number of aryl methyl sites for hydroxylation is 5. The van der Waals surface area contributed by atoms with Crippen LogP contribution in [0.25, 0.3) is 0 Å². The second-order valence-electron chi connectivity index (χ2n) is 6.28. The molecule has 0 bridgehead atoms. The number of nitrogens with zero attached hydrogens (tertiary/aromatic N) is 1. The Labute approximate surface area is 144 Å². The van der Waals surface area contributed by atoms with Gasteiger partial charge in [0.2, 0.25) is 0 Å². The number of carbonyl (C=O) groups is 1. The lowest BCUT2D eigenvalue weighted by Crippen LogP contribution is -2.26. The first-order chi connectivity index (χ1) is 11.4. The highest BCUT2D eigenvalue weighted by molar-refractivity contribution is 5.86. The molecule has 0 aliphatic carbocycles. The Morgan fingerprint density at radius 3 is 2.21 bits per heavy atom. The Morgan fingerprint density at radius 2 is 1.58 bits per heavy atom. The summed E-state index contributed by atoms with van der Waals surface area (Å²) in [6.07, 6.45) is 1.71. The van der Waals surface area contributed by atoms with Crippen LogP contribution >= 0.6 is 0 Å². The van der Waals surface area contributed by atoms with E-state index in [1.165, 1.54) is 11.1 Å². The normalized spacial score (nSPS) is 10.9. The van der Waals surface area contributed by atoms with E-state index in [0.29, 0.717) is 0 Å². The highest BCUT2D eigenvalue weighted by Crippen LogP contribution is 2.15. The van der Waals surface area contributed by atoms with Crippen molar-refractivity contribution in [3.05, 3.63) is 63.7 Å². The number of nitrogens with one attached hydrogen (secondary N) is 2. The number of rotatable bonds is 5. The molecule has 2 N–H and O–H groups in total. The molecule has 2 aromatic rings. The minimum Gasteiger partial charge on any atom is -0.376 e. The molecule has 0 fully saturated rings. The smallest absolute Gasteiger partial charge is 0.259 e. The largest absolute Gasteiger partial charge is 0.376 e. The fraction of sp³-hybridized carbons (Fsp3) is 0.300. The topological polar surface area (TPSA) is 53.5 Å². The van der Waals surface area contributed by atoms with E-state index < -0.39 is 0 Å². The Kier molecular flexibility index (Phi) is 5.74. The zero-order chi connectivity index (χ0) is 17.7. The summed E-state index contributed by atoms with van der Waals surface area (Å²) in [4.78, 5) is 11.9. The molecular weight excluding hydrogens is 298 g/mol. The monoisotopic (exact) mass is 323 g/mol. The highest BCUT2D eigenvalue weighted by atomic mass is 16.2. The van der Waals surface area contributed by atoms with Crippen molar-refractivity contribution >= 4 is 17.8 Å². The van der Waals surface area contributed by atoms with Crippen molar-refractivity contribution < 1.29 is 4.79 Å². The van der Waals surface area contributed by atoms with Gasteiger partial charge in [-0.2, -0.15) is 5.10 Å². The van der Waals surface area contributed by atoms with Crippen molar-refractivity contribution in [2.45, 2.75) is 34.6 Å². The molecule has 0 aliphatic rings. The number of hydrogen-bond donors (Lipinski definition) is 2. The van der Waals surface area contributed by atoms with Crippen LogP contribution in [-0.2, 0) is 4.79 Å². The van der Waals surface area contributed by atoms with Crippen LogP contribution in [0.15, 0.2) is 35.4 Å². The predicted molar refractivity (Wildman–Crippen MR) is 101 cm³/mol. The van der Waals surface area contributed by atoms with E-state index in [2.05, 4.69) is 41.0 Å². The average molecular weight is 323 g/mol. The summed E-state index contributed by atoms with van der Waals surface area (Å²) in [7, 11) is 0. The number of anilines is 1. The van der Waals surface area contributed by atoms with Crippen molar-refractivity contribution in [1.29, 1.82) is 0 Å². The SMILES string of the molecule is Cc1ccc(NCC(=O)N/N=C\c2c(C)cc(C)cc2C)c(C)c1. The summed E-state index contributed by atoms with van der Waals surface area (Å²) in [5.41, 5.74) is 10.4. The van der Waals surface area contributed by atoms with Gasteiger partial charge in [0.25, 0.3) is 5.91 Å². The molecule has 0 atom stereocenters. The molecule has 0 saturated carbocycles. The molecule has 1 amide bonds. The summed E-state index contributed by atoms with van der Waals surface area (Å²) >= 11 is 0. The van der Waals surface area contributed by atoms with E-state index in [1.54, 1.807) is 6.21 Å². The average Bonchev–Trinajstić information content (AvgIpc) is 2.49. The molecule has 0 spiro atoms. The lowest BCUT2D eigenvalue weighted by atomic mass is 10.0. The van der Waals surface area contributed by atoms with Gasteiger partial charge in [-0.3, -0.25) is 4.79 Å². The standard InChI is InChI=1S/C20H25N3O/c1-13-6-7-19(17(5)8-13)21-12-20(24)23-22-11-18-15(3)9-14(2)10-16(18)4/h6-11,21H,12H2,1-5H3,(H,23,24)/b22-11-. The summed E-state index contributed by atoms with van der Waals surface area (Å²) in [6.45, 7) is 10.4. The fourth-order valence-corrected chi connectivity index (χ4v) is 2.79. The Hall–Kier alpha value is -2.62. The molecule has 0 radical (unpaired) electrons. The summed E-state index contributed by atoms with van der Waals surface area (Å²) in [5.74, 6) is -0.173. The van der Waals surface area contributed by atoms with E-state index in [0.717, 1.165) is 27.9 Å². The molecule has 0 heterocycles. The maximum absolute atomic E-state index is 11.9. The van der Waals surface area contributed by atoms with Crippen molar-refractivity contribution in [3.8, 4) is 0 Å². The number of carbonyl (C=O) groups excluding carboxylic acids is 1. The van der Waals surface area contributed by atoms with Crippen LogP contribution < -0.4 is 10.7 Å². The van der Waals surface area contributed by atoms with Crippen LogP contribution in [0.3, 0.4) is 0 Å². The van der Waals surface area contributed by atoms with Gasteiger partial charge in [0.15, 0.2) is 0 Å². The Balaban J connectivity index is 1.91. The highest BCUT2D eigenvalue weighted by Gasteiger charge is 2.03. The van der Waals surface area contributed by atoms with Crippen LogP contribution in [0, 0.1) is 34.6 Å². The summed E-state index contributed by atoms with van der Waals surface area (Å²) in [6, 6.07) is 10.3. The van der Waals surface area contributed by atoms with Gasteiger partial charge < -0.3 is 5.32 Å². The Bertz CT molecular complexity index is 755. The zero-order valence-electron chi connectivity index (χ0n) is 15.0. The van der Waals surface area contributed by atoms with E-state index in [9.17, 15) is 4.79 Å². The lowest BCUT2D eigenvalue weighted by Gasteiger charge is -2.09. The van der Waals surface area contributed by atoms with Gasteiger partial charge in [-0.05, 0) is 57.4 Å². The summed E-state index contributed by atoms with van der Waals surface area (Å²) in [5, 5.41) is 7.21. The molecule has 0 saturated heterocycles. The van der Waals surface area contributed by atoms with Gasteiger partial charge in [0, 0.05) is 11.3 Å². The number of benzene rings is 2. The third-order valence-electron chi connectivity index (χ3n) is 3.94. The van der Waals surface area contributed by atoms with Gasteiger partial charge in [-0.15, -0.1) is 0 Å². The van der Waals surface area contributed by atoms with E-state index in [-0.39, 0.29) is 12.5 Å². The molecule has 2 rings (SSSR count). The summed E-state index contributed by atoms with van der Waals surface area (Å²) < 4.78 is 0. The quantitative estimate of drug-likeness (QED) is 0.650. The second kappa shape index (κ2) is 7.77. The van der Waals surface area contributed by atoms with Crippen molar-refractivity contribution in [2.24, 2.45) is 5.10 Å².